The van der Waals surface area contributed by atoms with E-state index in [4.69, 9.17) is 5.26 Å². The van der Waals surface area contributed by atoms with Crippen molar-refractivity contribution >= 4 is 30.9 Å². The molecule has 1 N–H and O–H groups in total. The van der Waals surface area contributed by atoms with Gasteiger partial charge >= 0.3 is 0 Å². The normalized spacial score (nSPS) is 8.82. The number of rotatable bonds is 1. The summed E-state index contributed by atoms with van der Waals surface area (Å²) < 4.78 is 0. The van der Waals surface area contributed by atoms with E-state index in [1.54, 1.807) is 18.2 Å². The Hall–Kier alpha value is -0.790. The van der Waals surface area contributed by atoms with Crippen molar-refractivity contribution in [3.05, 3.63) is 18.2 Å². The van der Waals surface area contributed by atoms with Crippen LogP contribution >= 0.6 is 25.3 Å². The Bertz CT molecular complexity index is 304. The molecule has 0 saturated heterocycles. The molecule has 2 nitrogen and oxygen atoms in total. The fourth-order valence-electron chi connectivity index (χ4n) is 0.686. The molecule has 0 radical (unpaired) electrons. The van der Waals surface area contributed by atoms with Crippen LogP contribution in [0.15, 0.2) is 28.0 Å². The maximum atomic E-state index is 8.30. The van der Waals surface area contributed by atoms with Crippen LogP contribution in [-0.2, 0) is 0 Å². The molecule has 0 heterocycles. The third kappa shape index (κ3) is 2.07. The SMILES string of the molecule is N#CNc1ccc(S)cc1S. The molecule has 0 aliphatic heterocycles. The van der Waals surface area contributed by atoms with Crippen LogP contribution in [0.5, 0.6) is 0 Å². The molecule has 56 valence electrons. The zero-order valence-corrected chi connectivity index (χ0v) is 7.36. The van der Waals surface area contributed by atoms with Gasteiger partial charge in [0.1, 0.15) is 0 Å². The van der Waals surface area contributed by atoms with Gasteiger partial charge in [-0.25, -0.2) is 0 Å². The quantitative estimate of drug-likeness (QED) is 0.353. The molecular formula is C7H6N2S2. The summed E-state index contributed by atoms with van der Waals surface area (Å²) in [6.45, 7) is 0. The second-order valence-corrected chi connectivity index (χ2v) is 2.94. The fourth-order valence-corrected chi connectivity index (χ4v) is 1.26. The average molecular weight is 182 g/mol. The first-order valence-corrected chi connectivity index (χ1v) is 3.80. The monoisotopic (exact) mass is 182 g/mol. The first-order valence-electron chi connectivity index (χ1n) is 2.91. The highest BCUT2D eigenvalue weighted by Gasteiger charge is 1.96. The second-order valence-electron chi connectivity index (χ2n) is 1.94. The number of hydrogen-bond donors (Lipinski definition) is 3. The maximum Gasteiger partial charge on any atom is 0.181 e. The van der Waals surface area contributed by atoms with E-state index >= 15 is 0 Å². The predicted octanol–water partition coefficient (Wildman–Crippen LogP) is 2.16. The number of hydrogen-bond acceptors (Lipinski definition) is 4. The molecule has 0 aliphatic carbocycles. The summed E-state index contributed by atoms with van der Waals surface area (Å²) in [6.07, 6.45) is 1.82. The largest absolute Gasteiger partial charge is 0.292 e. The van der Waals surface area contributed by atoms with Gasteiger partial charge in [-0.2, -0.15) is 5.26 Å². The van der Waals surface area contributed by atoms with Crippen molar-refractivity contribution in [2.45, 2.75) is 9.79 Å². The third-order valence-corrected chi connectivity index (χ3v) is 1.82. The molecule has 0 unspecified atom stereocenters. The lowest BCUT2D eigenvalue weighted by Gasteiger charge is -2.01. The lowest BCUT2D eigenvalue weighted by atomic mass is 10.3. The molecule has 0 spiro atoms. The van der Waals surface area contributed by atoms with E-state index in [0.717, 1.165) is 9.79 Å². The van der Waals surface area contributed by atoms with E-state index in [1.165, 1.54) is 0 Å². The number of nitrogens with one attached hydrogen (secondary N) is 1. The summed E-state index contributed by atoms with van der Waals surface area (Å²) in [6, 6.07) is 5.32. The van der Waals surface area contributed by atoms with Gasteiger partial charge in [-0.15, -0.1) is 25.3 Å². The minimum atomic E-state index is 0.702. The Morgan fingerprint density at radius 1 is 1.36 bits per heavy atom. The first-order chi connectivity index (χ1) is 5.24. The van der Waals surface area contributed by atoms with Gasteiger partial charge in [0.25, 0.3) is 0 Å². The van der Waals surface area contributed by atoms with E-state index in [-0.39, 0.29) is 0 Å². The van der Waals surface area contributed by atoms with E-state index in [2.05, 4.69) is 30.6 Å². The van der Waals surface area contributed by atoms with Gasteiger partial charge in [0.2, 0.25) is 0 Å². The second kappa shape index (κ2) is 3.56. The molecule has 11 heavy (non-hydrogen) atoms. The Balaban J connectivity index is 3.01. The summed E-state index contributed by atoms with van der Waals surface area (Å²) in [4.78, 5) is 1.55. The molecule has 0 fully saturated rings. The number of nitrogens with zero attached hydrogens (tertiary/aromatic N) is 1. The van der Waals surface area contributed by atoms with Crippen LogP contribution < -0.4 is 5.32 Å². The standard InChI is InChI=1S/C7H6N2S2/c8-4-9-6-2-1-5(10)3-7(6)11/h1-3,9-11H. The minimum Gasteiger partial charge on any atom is -0.292 e. The van der Waals surface area contributed by atoms with Gasteiger partial charge in [0.15, 0.2) is 6.19 Å². The van der Waals surface area contributed by atoms with E-state index in [0.29, 0.717) is 5.69 Å². The molecule has 4 heteroatoms. The van der Waals surface area contributed by atoms with Crippen molar-refractivity contribution in [2.24, 2.45) is 0 Å². The van der Waals surface area contributed by atoms with Gasteiger partial charge in [0, 0.05) is 9.79 Å². The molecular weight excluding hydrogens is 176 g/mol. The summed E-state index contributed by atoms with van der Waals surface area (Å²) in [5.41, 5.74) is 0.702. The summed E-state index contributed by atoms with van der Waals surface area (Å²) in [7, 11) is 0. The Kier molecular flexibility index (Phi) is 2.69. The van der Waals surface area contributed by atoms with Crippen LogP contribution in [0.25, 0.3) is 0 Å². The van der Waals surface area contributed by atoms with E-state index < -0.39 is 0 Å². The zero-order chi connectivity index (χ0) is 8.27. The van der Waals surface area contributed by atoms with Crippen molar-refractivity contribution in [2.75, 3.05) is 5.32 Å². The molecule has 1 aromatic rings. The summed E-state index contributed by atoms with van der Waals surface area (Å²) in [5.74, 6) is 0. The van der Waals surface area contributed by atoms with Crippen LogP contribution in [0.1, 0.15) is 0 Å². The smallest absolute Gasteiger partial charge is 0.181 e. The molecule has 0 aliphatic rings. The molecule has 1 aromatic carbocycles. The van der Waals surface area contributed by atoms with Crippen molar-refractivity contribution in [3.8, 4) is 6.19 Å². The number of nitriles is 1. The Morgan fingerprint density at radius 3 is 2.64 bits per heavy atom. The summed E-state index contributed by atoms with van der Waals surface area (Å²) in [5, 5.41) is 10.8. The van der Waals surface area contributed by atoms with Crippen LogP contribution in [0.4, 0.5) is 5.69 Å². The molecule has 1 rings (SSSR count). The Labute approximate surface area is 76.0 Å². The highest BCUT2D eigenvalue weighted by atomic mass is 32.1. The van der Waals surface area contributed by atoms with Gasteiger partial charge in [-0.05, 0) is 18.2 Å². The highest BCUT2D eigenvalue weighted by Crippen LogP contribution is 2.22. The van der Waals surface area contributed by atoms with Crippen molar-refractivity contribution in [1.29, 1.82) is 5.26 Å². The Morgan fingerprint density at radius 2 is 2.09 bits per heavy atom. The fraction of sp³-hybridized carbons (Fsp3) is 0. The van der Waals surface area contributed by atoms with Crippen LogP contribution in [-0.4, -0.2) is 0 Å². The van der Waals surface area contributed by atoms with Gasteiger partial charge in [-0.1, -0.05) is 0 Å². The molecule has 0 amide bonds. The van der Waals surface area contributed by atoms with Crippen molar-refractivity contribution < 1.29 is 0 Å². The number of benzene rings is 1. The van der Waals surface area contributed by atoms with Gasteiger partial charge in [0.05, 0.1) is 5.69 Å². The van der Waals surface area contributed by atoms with Crippen molar-refractivity contribution in [1.82, 2.24) is 0 Å². The summed E-state index contributed by atoms with van der Waals surface area (Å²) >= 11 is 8.25. The van der Waals surface area contributed by atoms with Crippen LogP contribution in [0.3, 0.4) is 0 Å². The van der Waals surface area contributed by atoms with Crippen LogP contribution in [0.2, 0.25) is 0 Å². The van der Waals surface area contributed by atoms with Crippen molar-refractivity contribution in [3.63, 3.8) is 0 Å². The molecule has 0 bridgehead atoms. The zero-order valence-electron chi connectivity index (χ0n) is 5.57. The maximum absolute atomic E-state index is 8.30. The van der Waals surface area contributed by atoms with Crippen LogP contribution in [0, 0.1) is 11.5 Å². The molecule has 0 aromatic heterocycles. The van der Waals surface area contributed by atoms with Gasteiger partial charge in [-0.3, -0.25) is 5.32 Å². The lowest BCUT2D eigenvalue weighted by molar-refractivity contribution is 1.33. The lowest BCUT2D eigenvalue weighted by Crippen LogP contribution is -1.87. The topological polar surface area (TPSA) is 35.8 Å². The highest BCUT2D eigenvalue weighted by molar-refractivity contribution is 7.81. The number of anilines is 1. The van der Waals surface area contributed by atoms with E-state index in [1.807, 2.05) is 6.19 Å². The molecule has 0 atom stereocenters. The van der Waals surface area contributed by atoms with E-state index in [9.17, 15) is 0 Å². The predicted molar refractivity (Wildman–Crippen MR) is 50.2 cm³/mol. The first kappa shape index (κ1) is 8.31. The number of thiol groups is 2. The third-order valence-electron chi connectivity index (χ3n) is 1.17. The van der Waals surface area contributed by atoms with Gasteiger partial charge < -0.3 is 0 Å². The minimum absolute atomic E-state index is 0.702. The molecule has 0 saturated carbocycles. The average Bonchev–Trinajstić information content (AvgIpc) is 1.95.